The molecule has 146 valence electrons. The van der Waals surface area contributed by atoms with Gasteiger partial charge in [-0.3, -0.25) is 4.79 Å². The molecule has 0 bridgehead atoms. The van der Waals surface area contributed by atoms with Crippen LogP contribution in [0.3, 0.4) is 0 Å². The van der Waals surface area contributed by atoms with E-state index in [0.717, 1.165) is 50.8 Å². The molecule has 0 aliphatic heterocycles. The van der Waals surface area contributed by atoms with Crippen molar-refractivity contribution in [2.45, 2.75) is 59.3 Å². The van der Waals surface area contributed by atoms with Crippen molar-refractivity contribution < 1.29 is 14.3 Å². The average Bonchev–Trinajstić information content (AvgIpc) is 2.66. The molecular formula is C21H34N2O3. The van der Waals surface area contributed by atoms with Crippen LogP contribution in [0.2, 0.25) is 0 Å². The number of nitrogens with one attached hydrogen (secondary N) is 1. The van der Waals surface area contributed by atoms with Gasteiger partial charge in [0.25, 0.3) is 0 Å². The standard InChI is InChI=1S/C21H34N2O3/c1-4-7-14-22-17-20(24)23(15-8-5-2)19-12-10-18(11-13-19)21(25)26-16-9-6-3/h10-13,22H,4-9,14-17H2,1-3H3. The third-order valence-electron chi connectivity index (χ3n) is 4.17. The zero-order valence-corrected chi connectivity index (χ0v) is 16.6. The normalized spacial score (nSPS) is 10.6. The molecule has 1 amide bonds. The fraction of sp³-hybridized carbons (Fsp3) is 0.619. The first kappa shape index (κ1) is 22.2. The summed E-state index contributed by atoms with van der Waals surface area (Å²) in [6, 6.07) is 7.13. The molecule has 1 aromatic rings. The Morgan fingerprint density at radius 3 is 2.23 bits per heavy atom. The van der Waals surface area contributed by atoms with E-state index in [2.05, 4.69) is 26.1 Å². The summed E-state index contributed by atoms with van der Waals surface area (Å²) in [5, 5.41) is 3.21. The number of unbranched alkanes of at least 4 members (excludes halogenated alkanes) is 3. The number of nitrogens with zero attached hydrogens (tertiary/aromatic N) is 1. The summed E-state index contributed by atoms with van der Waals surface area (Å²) in [4.78, 5) is 26.4. The molecule has 0 spiro atoms. The van der Waals surface area contributed by atoms with E-state index in [1.807, 2.05) is 12.1 Å². The van der Waals surface area contributed by atoms with Crippen molar-refractivity contribution in [1.29, 1.82) is 0 Å². The topological polar surface area (TPSA) is 58.6 Å². The highest BCUT2D eigenvalue weighted by Gasteiger charge is 2.16. The molecule has 1 N–H and O–H groups in total. The first-order valence-electron chi connectivity index (χ1n) is 9.92. The first-order chi connectivity index (χ1) is 12.6. The fourth-order valence-electron chi connectivity index (χ4n) is 2.48. The Hall–Kier alpha value is -1.88. The number of amides is 1. The van der Waals surface area contributed by atoms with E-state index in [-0.39, 0.29) is 11.9 Å². The summed E-state index contributed by atoms with van der Waals surface area (Å²) in [6.07, 6.45) is 6.01. The number of carbonyl (C=O) groups excluding carboxylic acids is 2. The summed E-state index contributed by atoms with van der Waals surface area (Å²) in [5.74, 6) is -0.245. The van der Waals surface area contributed by atoms with E-state index in [1.54, 1.807) is 17.0 Å². The molecule has 0 aliphatic rings. The maximum absolute atomic E-state index is 12.6. The Balaban J connectivity index is 2.71. The Bertz CT molecular complexity index is 529. The van der Waals surface area contributed by atoms with Crippen LogP contribution in [0.15, 0.2) is 24.3 Å². The first-order valence-corrected chi connectivity index (χ1v) is 9.92. The molecule has 0 saturated heterocycles. The second-order valence-corrected chi connectivity index (χ2v) is 6.47. The van der Waals surface area contributed by atoms with Gasteiger partial charge in [0.15, 0.2) is 0 Å². The lowest BCUT2D eigenvalue weighted by Crippen LogP contribution is -2.39. The van der Waals surface area contributed by atoms with E-state index < -0.39 is 0 Å². The van der Waals surface area contributed by atoms with Gasteiger partial charge in [-0.1, -0.05) is 40.0 Å². The zero-order valence-electron chi connectivity index (χ0n) is 16.6. The van der Waals surface area contributed by atoms with Gasteiger partial charge < -0.3 is 15.0 Å². The quantitative estimate of drug-likeness (QED) is 0.423. The fourth-order valence-corrected chi connectivity index (χ4v) is 2.48. The highest BCUT2D eigenvalue weighted by molar-refractivity contribution is 5.96. The minimum atomic E-state index is -0.308. The van der Waals surface area contributed by atoms with E-state index in [9.17, 15) is 9.59 Å². The van der Waals surface area contributed by atoms with Crippen molar-refractivity contribution in [2.24, 2.45) is 0 Å². The summed E-state index contributed by atoms with van der Waals surface area (Å²) >= 11 is 0. The van der Waals surface area contributed by atoms with Gasteiger partial charge in [-0.2, -0.15) is 0 Å². The molecule has 0 aromatic heterocycles. The second kappa shape index (κ2) is 13.3. The Morgan fingerprint density at radius 2 is 1.62 bits per heavy atom. The SMILES string of the molecule is CCCCNCC(=O)N(CCCC)c1ccc(C(=O)OCCCC)cc1. The molecule has 0 radical (unpaired) electrons. The number of rotatable bonds is 13. The molecule has 5 nitrogen and oxygen atoms in total. The van der Waals surface area contributed by atoms with Crippen LogP contribution in [-0.4, -0.2) is 38.1 Å². The van der Waals surface area contributed by atoms with E-state index in [1.165, 1.54) is 0 Å². The summed E-state index contributed by atoms with van der Waals surface area (Å²) in [6.45, 7) is 8.62. The highest BCUT2D eigenvalue weighted by atomic mass is 16.5. The van der Waals surface area contributed by atoms with Gasteiger partial charge in [-0.05, 0) is 50.1 Å². The van der Waals surface area contributed by atoms with Crippen LogP contribution in [0.25, 0.3) is 0 Å². The predicted octanol–water partition coefficient (Wildman–Crippen LogP) is 4.17. The third kappa shape index (κ3) is 8.00. The Labute approximate surface area is 158 Å². The molecule has 0 unspecified atom stereocenters. The monoisotopic (exact) mass is 362 g/mol. The van der Waals surface area contributed by atoms with Crippen molar-refractivity contribution in [1.82, 2.24) is 5.32 Å². The van der Waals surface area contributed by atoms with Crippen LogP contribution < -0.4 is 10.2 Å². The van der Waals surface area contributed by atoms with E-state index in [4.69, 9.17) is 4.74 Å². The maximum Gasteiger partial charge on any atom is 0.338 e. The van der Waals surface area contributed by atoms with E-state index >= 15 is 0 Å². The number of carbonyl (C=O) groups is 2. The van der Waals surface area contributed by atoms with Gasteiger partial charge in [0, 0.05) is 12.2 Å². The molecule has 0 fully saturated rings. The van der Waals surface area contributed by atoms with Gasteiger partial charge >= 0.3 is 5.97 Å². The van der Waals surface area contributed by atoms with Crippen LogP contribution in [0.4, 0.5) is 5.69 Å². The molecule has 0 aliphatic carbocycles. The van der Waals surface area contributed by atoms with Crippen LogP contribution >= 0.6 is 0 Å². The van der Waals surface area contributed by atoms with Crippen LogP contribution in [0.1, 0.15) is 69.7 Å². The number of anilines is 1. The van der Waals surface area contributed by atoms with Crippen LogP contribution in [0, 0.1) is 0 Å². The smallest absolute Gasteiger partial charge is 0.338 e. The molecule has 26 heavy (non-hydrogen) atoms. The minimum Gasteiger partial charge on any atom is -0.462 e. The third-order valence-corrected chi connectivity index (χ3v) is 4.17. The van der Waals surface area contributed by atoms with Crippen molar-refractivity contribution in [2.75, 3.05) is 31.1 Å². The largest absolute Gasteiger partial charge is 0.462 e. The number of esters is 1. The molecule has 0 atom stereocenters. The minimum absolute atomic E-state index is 0.0628. The zero-order chi connectivity index (χ0) is 19.2. The molecule has 0 saturated carbocycles. The number of ether oxygens (including phenoxy) is 1. The van der Waals surface area contributed by atoms with Crippen LogP contribution in [0.5, 0.6) is 0 Å². The van der Waals surface area contributed by atoms with Gasteiger partial charge in [0.05, 0.1) is 18.7 Å². The highest BCUT2D eigenvalue weighted by Crippen LogP contribution is 2.17. The maximum atomic E-state index is 12.6. The number of hydrogen-bond donors (Lipinski definition) is 1. The van der Waals surface area contributed by atoms with Gasteiger partial charge in [-0.15, -0.1) is 0 Å². The molecule has 1 aromatic carbocycles. The predicted molar refractivity (Wildman–Crippen MR) is 107 cm³/mol. The van der Waals surface area contributed by atoms with Crippen molar-refractivity contribution in [3.05, 3.63) is 29.8 Å². The molecule has 1 rings (SSSR count). The summed E-state index contributed by atoms with van der Waals surface area (Å²) in [5.41, 5.74) is 1.35. The molecule has 5 heteroatoms. The summed E-state index contributed by atoms with van der Waals surface area (Å²) < 4.78 is 5.23. The Kier molecular flexibility index (Phi) is 11.4. The van der Waals surface area contributed by atoms with Crippen molar-refractivity contribution >= 4 is 17.6 Å². The van der Waals surface area contributed by atoms with Gasteiger partial charge in [0.2, 0.25) is 5.91 Å². The molecule has 0 heterocycles. The summed E-state index contributed by atoms with van der Waals surface area (Å²) in [7, 11) is 0. The molecular weight excluding hydrogens is 328 g/mol. The lowest BCUT2D eigenvalue weighted by molar-refractivity contribution is -0.117. The lowest BCUT2D eigenvalue weighted by atomic mass is 10.2. The van der Waals surface area contributed by atoms with E-state index in [0.29, 0.717) is 25.3 Å². The van der Waals surface area contributed by atoms with Crippen LogP contribution in [-0.2, 0) is 9.53 Å². The van der Waals surface area contributed by atoms with Crippen molar-refractivity contribution in [3.8, 4) is 0 Å². The van der Waals surface area contributed by atoms with Gasteiger partial charge in [-0.25, -0.2) is 4.79 Å². The van der Waals surface area contributed by atoms with Crippen molar-refractivity contribution in [3.63, 3.8) is 0 Å². The van der Waals surface area contributed by atoms with Gasteiger partial charge in [0.1, 0.15) is 0 Å². The number of benzene rings is 1. The Morgan fingerprint density at radius 1 is 0.962 bits per heavy atom. The average molecular weight is 363 g/mol. The lowest BCUT2D eigenvalue weighted by Gasteiger charge is -2.23. The number of hydrogen-bond acceptors (Lipinski definition) is 4. The second-order valence-electron chi connectivity index (χ2n) is 6.47.